The van der Waals surface area contributed by atoms with Crippen molar-refractivity contribution in [1.82, 2.24) is 10.2 Å². The molecule has 2 rings (SSSR count). The molecule has 0 aliphatic rings. The third kappa shape index (κ3) is 7.39. The molecule has 0 heterocycles. The van der Waals surface area contributed by atoms with Crippen LogP contribution in [0.3, 0.4) is 0 Å². The Kier molecular flexibility index (Phi) is 8.12. The van der Waals surface area contributed by atoms with Gasteiger partial charge in [-0.3, -0.25) is 9.59 Å². The van der Waals surface area contributed by atoms with Crippen LogP contribution < -0.4 is 5.32 Å². The van der Waals surface area contributed by atoms with Crippen molar-refractivity contribution in [2.75, 3.05) is 12.3 Å². The summed E-state index contributed by atoms with van der Waals surface area (Å²) in [4.78, 5) is 28.4. The summed E-state index contributed by atoms with van der Waals surface area (Å²) in [5.41, 5.74) is 0.817. The summed E-state index contributed by atoms with van der Waals surface area (Å²) in [6.45, 7) is 8.14. The van der Waals surface area contributed by atoms with Crippen LogP contribution in [-0.2, 0) is 16.0 Å². The molecule has 0 aliphatic carbocycles. The smallest absolute Gasteiger partial charge is 0.242 e. The van der Waals surface area contributed by atoms with Gasteiger partial charge < -0.3 is 10.2 Å². The maximum absolute atomic E-state index is 13.0. The Balaban J connectivity index is 2.07. The quantitative estimate of drug-likeness (QED) is 0.680. The zero-order chi connectivity index (χ0) is 20.6. The number of hydrogen-bond acceptors (Lipinski definition) is 3. The molecule has 1 N–H and O–H groups in total. The van der Waals surface area contributed by atoms with E-state index in [2.05, 4.69) is 5.32 Å². The second-order valence-electron chi connectivity index (χ2n) is 7.84. The molecule has 0 saturated carbocycles. The van der Waals surface area contributed by atoms with Gasteiger partial charge in [-0.1, -0.05) is 48.5 Å². The minimum absolute atomic E-state index is 0.0265. The normalized spacial score (nSPS) is 12.3. The van der Waals surface area contributed by atoms with Crippen molar-refractivity contribution >= 4 is 23.6 Å². The molecule has 0 bridgehead atoms. The number of thioether (sulfide) groups is 1. The average Bonchev–Trinajstić information content (AvgIpc) is 2.66. The largest absolute Gasteiger partial charge is 0.350 e. The second-order valence-corrected chi connectivity index (χ2v) is 8.89. The molecule has 2 amide bonds. The number of hydrogen-bond donors (Lipinski definition) is 1. The first-order chi connectivity index (χ1) is 13.3. The van der Waals surface area contributed by atoms with Crippen molar-refractivity contribution < 1.29 is 9.59 Å². The number of nitrogens with zero attached hydrogens (tertiary/aromatic N) is 1. The van der Waals surface area contributed by atoms with Crippen LogP contribution in [-0.4, -0.2) is 40.6 Å². The van der Waals surface area contributed by atoms with Gasteiger partial charge in [-0.05, 0) is 51.8 Å². The average molecular weight is 399 g/mol. The first-order valence-electron chi connectivity index (χ1n) is 9.59. The van der Waals surface area contributed by atoms with Crippen LogP contribution in [0.1, 0.15) is 33.3 Å². The fourth-order valence-corrected chi connectivity index (χ4v) is 3.59. The lowest BCUT2D eigenvalue weighted by Gasteiger charge is -2.31. The van der Waals surface area contributed by atoms with Gasteiger partial charge in [-0.2, -0.15) is 0 Å². The predicted octanol–water partition coefficient (Wildman–Crippen LogP) is 4.15. The third-order valence-corrected chi connectivity index (χ3v) is 5.25. The summed E-state index contributed by atoms with van der Waals surface area (Å²) in [7, 11) is 0. The van der Waals surface area contributed by atoms with Crippen molar-refractivity contribution in [2.45, 2.75) is 50.6 Å². The summed E-state index contributed by atoms with van der Waals surface area (Å²) >= 11 is 1.50. The number of carbonyl (C=O) groups is 2. The van der Waals surface area contributed by atoms with E-state index >= 15 is 0 Å². The van der Waals surface area contributed by atoms with Crippen molar-refractivity contribution in [3.8, 4) is 0 Å². The standard InChI is InChI=1S/C23H30N2O2S/c1-18(22(27)24-23(2,3)4)25(16-15-19-11-7-5-8-12-19)21(26)17-28-20-13-9-6-10-14-20/h5-14,18H,15-17H2,1-4H3,(H,24,27)/t18-/m1/s1. The Morgan fingerprint density at radius 2 is 1.57 bits per heavy atom. The minimum Gasteiger partial charge on any atom is -0.350 e. The Bertz CT molecular complexity index is 757. The molecule has 1 atom stereocenters. The van der Waals surface area contributed by atoms with Crippen LogP contribution in [0, 0.1) is 0 Å². The third-order valence-electron chi connectivity index (χ3n) is 4.26. The minimum atomic E-state index is -0.521. The zero-order valence-corrected chi connectivity index (χ0v) is 18.0. The number of benzene rings is 2. The monoisotopic (exact) mass is 398 g/mol. The molecule has 0 saturated heterocycles. The lowest BCUT2D eigenvalue weighted by Crippen LogP contribution is -2.53. The summed E-state index contributed by atoms with van der Waals surface area (Å²) in [6.07, 6.45) is 0.718. The van der Waals surface area contributed by atoms with Crippen molar-refractivity contribution in [2.24, 2.45) is 0 Å². The highest BCUT2D eigenvalue weighted by Gasteiger charge is 2.27. The van der Waals surface area contributed by atoms with Gasteiger partial charge in [0.05, 0.1) is 5.75 Å². The molecule has 150 valence electrons. The second kappa shape index (κ2) is 10.3. The maximum atomic E-state index is 13.0. The predicted molar refractivity (Wildman–Crippen MR) is 116 cm³/mol. The topological polar surface area (TPSA) is 49.4 Å². The van der Waals surface area contributed by atoms with E-state index in [4.69, 9.17) is 0 Å². The van der Waals surface area contributed by atoms with Crippen LogP contribution >= 0.6 is 11.8 Å². The van der Waals surface area contributed by atoms with Crippen LogP contribution in [0.5, 0.6) is 0 Å². The zero-order valence-electron chi connectivity index (χ0n) is 17.1. The molecule has 0 spiro atoms. The molecule has 28 heavy (non-hydrogen) atoms. The molecule has 0 radical (unpaired) electrons. The van der Waals surface area contributed by atoms with Gasteiger partial charge >= 0.3 is 0 Å². The molecule has 0 aromatic heterocycles. The van der Waals surface area contributed by atoms with E-state index in [0.29, 0.717) is 12.3 Å². The fourth-order valence-electron chi connectivity index (χ4n) is 2.79. The number of rotatable bonds is 8. The fraction of sp³-hybridized carbons (Fsp3) is 0.391. The van der Waals surface area contributed by atoms with Gasteiger partial charge in [0.1, 0.15) is 6.04 Å². The van der Waals surface area contributed by atoms with Crippen molar-refractivity contribution in [3.05, 3.63) is 66.2 Å². The Labute approximate surface area is 172 Å². The van der Waals surface area contributed by atoms with E-state index in [-0.39, 0.29) is 17.4 Å². The van der Waals surface area contributed by atoms with Crippen LogP contribution in [0.25, 0.3) is 0 Å². The highest BCUT2D eigenvalue weighted by molar-refractivity contribution is 8.00. The maximum Gasteiger partial charge on any atom is 0.242 e. The van der Waals surface area contributed by atoms with Gasteiger partial charge in [-0.15, -0.1) is 11.8 Å². The summed E-state index contributed by atoms with van der Waals surface area (Å²) < 4.78 is 0. The molecular weight excluding hydrogens is 368 g/mol. The van der Waals surface area contributed by atoms with Gasteiger partial charge in [0.25, 0.3) is 0 Å². The lowest BCUT2D eigenvalue weighted by molar-refractivity contribution is -0.138. The van der Waals surface area contributed by atoms with Gasteiger partial charge in [0, 0.05) is 17.0 Å². The Hall–Kier alpha value is -2.27. The number of carbonyl (C=O) groups excluding carboxylic acids is 2. The highest BCUT2D eigenvalue weighted by atomic mass is 32.2. The van der Waals surface area contributed by atoms with Crippen LogP contribution in [0.2, 0.25) is 0 Å². The van der Waals surface area contributed by atoms with E-state index < -0.39 is 6.04 Å². The molecule has 2 aromatic carbocycles. The first-order valence-corrected chi connectivity index (χ1v) is 10.6. The van der Waals surface area contributed by atoms with Crippen LogP contribution in [0.4, 0.5) is 0 Å². The Morgan fingerprint density at radius 3 is 2.14 bits per heavy atom. The van der Waals surface area contributed by atoms with Crippen molar-refractivity contribution in [3.63, 3.8) is 0 Å². The molecular formula is C23H30N2O2S. The van der Waals surface area contributed by atoms with E-state index in [1.807, 2.05) is 81.4 Å². The van der Waals surface area contributed by atoms with Crippen molar-refractivity contribution in [1.29, 1.82) is 0 Å². The van der Waals surface area contributed by atoms with Gasteiger partial charge in [-0.25, -0.2) is 0 Å². The molecule has 4 nitrogen and oxygen atoms in total. The first kappa shape index (κ1) is 22.0. The van der Waals surface area contributed by atoms with Gasteiger partial charge in [0.15, 0.2) is 0 Å². The highest BCUT2D eigenvalue weighted by Crippen LogP contribution is 2.18. The Morgan fingerprint density at radius 1 is 1.00 bits per heavy atom. The molecule has 5 heteroatoms. The van der Waals surface area contributed by atoms with E-state index in [0.717, 1.165) is 16.9 Å². The van der Waals surface area contributed by atoms with E-state index in [1.165, 1.54) is 11.8 Å². The molecule has 0 aliphatic heterocycles. The SMILES string of the molecule is C[C@H](C(=O)NC(C)(C)C)N(CCc1ccccc1)C(=O)CSc1ccccc1. The number of amides is 2. The molecule has 0 unspecified atom stereocenters. The van der Waals surface area contributed by atoms with Crippen LogP contribution in [0.15, 0.2) is 65.6 Å². The summed E-state index contributed by atoms with van der Waals surface area (Å²) in [5, 5.41) is 2.99. The summed E-state index contributed by atoms with van der Waals surface area (Å²) in [5.74, 6) is 0.159. The van der Waals surface area contributed by atoms with Gasteiger partial charge in [0.2, 0.25) is 11.8 Å². The number of nitrogens with one attached hydrogen (secondary N) is 1. The summed E-state index contributed by atoms with van der Waals surface area (Å²) in [6, 6.07) is 19.4. The van der Waals surface area contributed by atoms with E-state index in [1.54, 1.807) is 11.8 Å². The molecule has 2 aromatic rings. The lowest BCUT2D eigenvalue weighted by atomic mass is 10.1. The molecule has 0 fully saturated rings. The van der Waals surface area contributed by atoms with E-state index in [9.17, 15) is 9.59 Å².